The molecule has 3 aromatic rings. The third-order valence-electron chi connectivity index (χ3n) is 5.06. The Bertz CT molecular complexity index is 993. The number of nitrogens with zero attached hydrogens (tertiary/aromatic N) is 3. The van der Waals surface area contributed by atoms with E-state index < -0.39 is 0 Å². The highest BCUT2D eigenvalue weighted by Crippen LogP contribution is 2.42. The Morgan fingerprint density at radius 1 is 0.724 bits per heavy atom. The van der Waals surface area contributed by atoms with Crippen LogP contribution in [0.5, 0.6) is 11.5 Å². The summed E-state index contributed by atoms with van der Waals surface area (Å²) in [4.78, 5) is 3.84. The predicted molar refractivity (Wildman–Crippen MR) is 117 cm³/mol. The Morgan fingerprint density at radius 2 is 1.17 bits per heavy atom. The lowest BCUT2D eigenvalue weighted by molar-refractivity contribution is 0.459. The lowest BCUT2D eigenvalue weighted by Gasteiger charge is -2.23. The van der Waals surface area contributed by atoms with Crippen LogP contribution < -0.4 is 9.80 Å². The van der Waals surface area contributed by atoms with Gasteiger partial charge in [-0.25, -0.2) is 0 Å². The van der Waals surface area contributed by atoms with Crippen LogP contribution in [0.2, 0.25) is 0 Å². The quantitative estimate of drug-likeness (QED) is 0.640. The maximum absolute atomic E-state index is 10.8. The third kappa shape index (κ3) is 4.12. The van der Waals surface area contributed by atoms with Gasteiger partial charge in [0.15, 0.2) is 0 Å². The van der Waals surface area contributed by atoms with Crippen LogP contribution in [0, 0.1) is 11.3 Å². The van der Waals surface area contributed by atoms with E-state index in [1.54, 1.807) is 24.3 Å². The van der Waals surface area contributed by atoms with Gasteiger partial charge >= 0.3 is 0 Å². The lowest BCUT2D eigenvalue weighted by Crippen LogP contribution is -2.11. The third-order valence-corrected chi connectivity index (χ3v) is 5.06. The van der Waals surface area contributed by atoms with Gasteiger partial charge in [-0.3, -0.25) is 0 Å². The van der Waals surface area contributed by atoms with Crippen LogP contribution in [0.4, 0.5) is 11.4 Å². The van der Waals surface area contributed by atoms with Gasteiger partial charge in [-0.2, -0.15) is 5.26 Å². The predicted octanol–water partition coefficient (Wildman–Crippen LogP) is 4.28. The van der Waals surface area contributed by atoms with Crippen LogP contribution in [0.3, 0.4) is 0 Å². The van der Waals surface area contributed by atoms with Gasteiger partial charge in [-0.15, -0.1) is 0 Å². The van der Waals surface area contributed by atoms with E-state index >= 15 is 0 Å². The molecule has 0 aliphatic rings. The van der Waals surface area contributed by atoms with Crippen LogP contribution in [-0.2, 0) is 0 Å². The monoisotopic (exact) mass is 387 g/mol. The molecule has 0 amide bonds. The molecule has 0 aliphatic carbocycles. The van der Waals surface area contributed by atoms with E-state index in [0.717, 1.165) is 16.9 Å². The van der Waals surface area contributed by atoms with Crippen molar-refractivity contribution in [3.8, 4) is 17.6 Å². The molecule has 0 saturated carbocycles. The summed E-state index contributed by atoms with van der Waals surface area (Å²) in [5.74, 6) is -0.0709. The van der Waals surface area contributed by atoms with Gasteiger partial charge in [0, 0.05) is 68.7 Å². The number of phenolic OH excluding ortho intramolecular Hbond substituents is 2. The molecule has 29 heavy (non-hydrogen) atoms. The Labute approximate surface area is 171 Å². The number of hydrogen-bond acceptors (Lipinski definition) is 5. The number of phenols is 2. The zero-order valence-electron chi connectivity index (χ0n) is 17.1. The second-order valence-corrected chi connectivity index (χ2v) is 7.44. The highest BCUT2D eigenvalue weighted by atomic mass is 16.3. The number of benzene rings is 3. The molecule has 148 valence electrons. The van der Waals surface area contributed by atoms with Gasteiger partial charge in [-0.05, 0) is 29.8 Å². The van der Waals surface area contributed by atoms with E-state index in [1.807, 2.05) is 74.4 Å². The van der Waals surface area contributed by atoms with Crippen molar-refractivity contribution in [2.75, 3.05) is 38.0 Å². The fourth-order valence-electron chi connectivity index (χ4n) is 3.39. The van der Waals surface area contributed by atoms with E-state index in [-0.39, 0.29) is 17.4 Å². The molecule has 0 aliphatic heterocycles. The molecule has 0 aromatic heterocycles. The van der Waals surface area contributed by atoms with Crippen LogP contribution in [-0.4, -0.2) is 38.4 Å². The summed E-state index contributed by atoms with van der Waals surface area (Å²) in [5.41, 5.74) is 4.59. The zero-order valence-corrected chi connectivity index (χ0v) is 17.1. The molecule has 0 heterocycles. The molecular formula is C24H25N3O2. The number of aromatic hydroxyl groups is 2. The minimum atomic E-state index is -0.379. The second kappa shape index (κ2) is 8.15. The van der Waals surface area contributed by atoms with Gasteiger partial charge in [0.1, 0.15) is 11.5 Å². The molecule has 0 bridgehead atoms. The average Bonchev–Trinajstić information content (AvgIpc) is 2.70. The van der Waals surface area contributed by atoms with Crippen molar-refractivity contribution in [3.05, 3.63) is 82.9 Å². The van der Waals surface area contributed by atoms with Crippen molar-refractivity contribution < 1.29 is 10.2 Å². The van der Waals surface area contributed by atoms with Crippen molar-refractivity contribution >= 4 is 11.4 Å². The van der Waals surface area contributed by atoms with Crippen molar-refractivity contribution in [2.24, 2.45) is 0 Å². The molecule has 3 aromatic carbocycles. The largest absolute Gasteiger partial charge is 0.508 e. The molecule has 5 heteroatoms. The first-order chi connectivity index (χ1) is 13.8. The molecular weight excluding hydrogens is 362 g/mol. The van der Waals surface area contributed by atoms with E-state index in [4.69, 9.17) is 5.26 Å². The summed E-state index contributed by atoms with van der Waals surface area (Å²) in [6.07, 6.45) is 0. The highest BCUT2D eigenvalue weighted by Gasteiger charge is 2.23. The summed E-state index contributed by atoms with van der Waals surface area (Å²) < 4.78 is 0. The summed E-state index contributed by atoms with van der Waals surface area (Å²) in [6, 6.07) is 20.4. The number of hydrogen-bond donors (Lipinski definition) is 2. The molecule has 0 atom stereocenters. The molecule has 0 radical (unpaired) electrons. The summed E-state index contributed by atoms with van der Waals surface area (Å²) in [5, 5.41) is 30.7. The first-order valence-electron chi connectivity index (χ1n) is 9.32. The second-order valence-electron chi connectivity index (χ2n) is 7.44. The molecule has 0 saturated heterocycles. The van der Waals surface area contributed by atoms with Gasteiger partial charge in [0.25, 0.3) is 0 Å². The number of nitriles is 1. The fraction of sp³-hybridized carbons (Fsp3) is 0.208. The minimum Gasteiger partial charge on any atom is -0.508 e. The first-order valence-corrected chi connectivity index (χ1v) is 9.32. The first kappa shape index (κ1) is 20.1. The maximum Gasteiger partial charge on any atom is 0.121 e. The fourth-order valence-corrected chi connectivity index (χ4v) is 3.39. The summed E-state index contributed by atoms with van der Waals surface area (Å²) in [6.45, 7) is 0. The number of anilines is 2. The van der Waals surface area contributed by atoms with E-state index in [2.05, 4.69) is 6.07 Å². The van der Waals surface area contributed by atoms with Gasteiger partial charge < -0.3 is 20.0 Å². The van der Waals surface area contributed by atoms with E-state index in [0.29, 0.717) is 16.7 Å². The highest BCUT2D eigenvalue weighted by molar-refractivity contribution is 5.61. The smallest absolute Gasteiger partial charge is 0.121 e. The summed E-state index contributed by atoms with van der Waals surface area (Å²) in [7, 11) is 7.66. The molecule has 0 unspecified atom stereocenters. The Balaban J connectivity index is 2.19. The molecule has 2 N–H and O–H groups in total. The van der Waals surface area contributed by atoms with E-state index in [9.17, 15) is 10.2 Å². The Kier molecular flexibility index (Phi) is 5.65. The Hall–Kier alpha value is -3.65. The molecule has 3 rings (SSSR count). The number of rotatable bonds is 5. The maximum atomic E-state index is 10.8. The van der Waals surface area contributed by atoms with Crippen LogP contribution >= 0.6 is 0 Å². The van der Waals surface area contributed by atoms with Gasteiger partial charge in [0.2, 0.25) is 0 Å². The minimum absolute atomic E-state index is 0.154. The molecule has 5 nitrogen and oxygen atoms in total. The Morgan fingerprint density at radius 3 is 1.52 bits per heavy atom. The van der Waals surface area contributed by atoms with Crippen LogP contribution in [0.1, 0.15) is 28.2 Å². The molecule has 0 spiro atoms. The van der Waals surface area contributed by atoms with Gasteiger partial charge in [0.05, 0.1) is 11.6 Å². The van der Waals surface area contributed by atoms with Crippen molar-refractivity contribution in [1.29, 1.82) is 5.26 Å². The van der Waals surface area contributed by atoms with Crippen molar-refractivity contribution in [3.63, 3.8) is 0 Å². The van der Waals surface area contributed by atoms with E-state index in [1.165, 1.54) is 0 Å². The van der Waals surface area contributed by atoms with Crippen LogP contribution in [0.15, 0.2) is 60.7 Å². The SMILES string of the molecule is CN(C)c1ccc(C(c2ccc(C#N)cc2)c2ccc(N(C)C)cc2O)c(O)c1. The van der Waals surface area contributed by atoms with Crippen molar-refractivity contribution in [1.82, 2.24) is 0 Å². The zero-order chi connectivity index (χ0) is 21.1. The van der Waals surface area contributed by atoms with Crippen molar-refractivity contribution in [2.45, 2.75) is 5.92 Å². The lowest BCUT2D eigenvalue weighted by atomic mass is 9.83. The normalized spacial score (nSPS) is 10.6. The standard InChI is InChI=1S/C24H25N3O2/c1-26(2)18-9-11-20(22(28)13-18)24(17-7-5-16(15-25)6-8-17)21-12-10-19(27(3)4)14-23(21)29/h5-14,24,28-29H,1-4H3. The van der Waals surface area contributed by atoms with Crippen LogP contribution in [0.25, 0.3) is 0 Å². The topological polar surface area (TPSA) is 70.7 Å². The average molecular weight is 387 g/mol. The molecule has 0 fully saturated rings. The summed E-state index contributed by atoms with van der Waals surface area (Å²) >= 11 is 0. The van der Waals surface area contributed by atoms with Gasteiger partial charge in [-0.1, -0.05) is 24.3 Å².